The second-order valence-corrected chi connectivity index (χ2v) is 5.94. The van der Waals surface area contributed by atoms with E-state index in [1.165, 1.54) is 25.7 Å². The van der Waals surface area contributed by atoms with Gasteiger partial charge in [0, 0.05) is 23.5 Å². The fraction of sp³-hybridized carbons (Fsp3) is 0.571. The maximum atomic E-state index is 9.22. The third-order valence-electron chi connectivity index (χ3n) is 3.81. The zero-order valence-corrected chi connectivity index (χ0v) is 12.2. The van der Waals surface area contributed by atoms with Gasteiger partial charge < -0.3 is 9.63 Å². The molecule has 0 amide bonds. The van der Waals surface area contributed by atoms with E-state index in [0.29, 0.717) is 30.8 Å². The van der Waals surface area contributed by atoms with Crippen molar-refractivity contribution in [3.05, 3.63) is 22.7 Å². The van der Waals surface area contributed by atoms with Crippen molar-refractivity contribution in [2.24, 2.45) is 0 Å². The summed E-state index contributed by atoms with van der Waals surface area (Å²) in [6.07, 6.45) is 4.95. The zero-order chi connectivity index (χ0) is 13.8. The number of thiophene rings is 1. The highest BCUT2D eigenvalue weighted by Crippen LogP contribution is 2.25. The first kappa shape index (κ1) is 13.7. The molecule has 2 heterocycles. The standard InChI is InChI=1S/C14H19N3O2S/c18-7-6-17(12-3-1-2-4-12)9-13-15-14(16-19-13)11-5-8-20-10-11/h5,8,10,12,18H,1-4,6-7,9H2. The first-order valence-electron chi connectivity index (χ1n) is 7.07. The minimum absolute atomic E-state index is 0.169. The Morgan fingerprint density at radius 3 is 2.95 bits per heavy atom. The lowest BCUT2D eigenvalue weighted by molar-refractivity contribution is 0.130. The first-order valence-corrected chi connectivity index (χ1v) is 8.01. The molecule has 1 saturated carbocycles. The molecule has 0 unspecified atom stereocenters. The second kappa shape index (κ2) is 6.47. The fourth-order valence-electron chi connectivity index (χ4n) is 2.79. The Morgan fingerprint density at radius 2 is 2.25 bits per heavy atom. The summed E-state index contributed by atoms with van der Waals surface area (Å²) < 4.78 is 5.35. The van der Waals surface area contributed by atoms with Crippen LogP contribution in [0.3, 0.4) is 0 Å². The van der Waals surface area contributed by atoms with Crippen LogP contribution in [0.15, 0.2) is 21.3 Å². The number of hydrogen-bond acceptors (Lipinski definition) is 6. The number of aliphatic hydroxyl groups is 1. The van der Waals surface area contributed by atoms with E-state index in [4.69, 9.17) is 4.52 Å². The summed E-state index contributed by atoms with van der Waals surface area (Å²) in [5.74, 6) is 1.28. The van der Waals surface area contributed by atoms with Crippen LogP contribution in [0.2, 0.25) is 0 Å². The number of aliphatic hydroxyl groups excluding tert-OH is 1. The molecule has 1 aliphatic rings. The topological polar surface area (TPSA) is 62.4 Å². The largest absolute Gasteiger partial charge is 0.395 e. The minimum atomic E-state index is 0.169. The van der Waals surface area contributed by atoms with Crippen molar-refractivity contribution in [3.8, 4) is 11.4 Å². The van der Waals surface area contributed by atoms with Crippen molar-refractivity contribution in [2.45, 2.75) is 38.3 Å². The van der Waals surface area contributed by atoms with E-state index in [1.54, 1.807) is 11.3 Å². The monoisotopic (exact) mass is 293 g/mol. The summed E-state index contributed by atoms with van der Waals surface area (Å²) in [7, 11) is 0. The molecule has 0 bridgehead atoms. The average Bonchev–Trinajstić information content (AvgIpc) is 3.20. The third kappa shape index (κ3) is 3.08. The van der Waals surface area contributed by atoms with Gasteiger partial charge in [0.2, 0.25) is 11.7 Å². The summed E-state index contributed by atoms with van der Waals surface area (Å²) in [4.78, 5) is 6.71. The van der Waals surface area contributed by atoms with Crippen LogP contribution >= 0.6 is 11.3 Å². The molecule has 5 nitrogen and oxygen atoms in total. The number of nitrogens with zero attached hydrogens (tertiary/aromatic N) is 3. The molecule has 0 aromatic carbocycles. The predicted molar refractivity (Wildman–Crippen MR) is 77.4 cm³/mol. The van der Waals surface area contributed by atoms with E-state index in [2.05, 4.69) is 15.0 Å². The van der Waals surface area contributed by atoms with Crippen molar-refractivity contribution in [1.29, 1.82) is 0 Å². The molecular weight excluding hydrogens is 274 g/mol. The number of aromatic nitrogens is 2. The molecule has 1 aliphatic carbocycles. The van der Waals surface area contributed by atoms with Crippen LogP contribution in [0.25, 0.3) is 11.4 Å². The van der Waals surface area contributed by atoms with E-state index in [9.17, 15) is 5.11 Å². The SMILES string of the molecule is OCCN(Cc1nc(-c2ccsc2)no1)C1CCCC1. The molecule has 2 aromatic heterocycles. The fourth-order valence-corrected chi connectivity index (χ4v) is 3.42. The van der Waals surface area contributed by atoms with Crippen LogP contribution in [0.5, 0.6) is 0 Å². The second-order valence-electron chi connectivity index (χ2n) is 5.16. The summed E-state index contributed by atoms with van der Waals surface area (Å²) >= 11 is 1.62. The van der Waals surface area contributed by atoms with Gasteiger partial charge in [0.1, 0.15) is 0 Å². The van der Waals surface area contributed by atoms with Crippen LogP contribution in [0, 0.1) is 0 Å². The normalized spacial score (nSPS) is 16.3. The molecule has 20 heavy (non-hydrogen) atoms. The number of hydrogen-bond donors (Lipinski definition) is 1. The van der Waals surface area contributed by atoms with Gasteiger partial charge in [0.25, 0.3) is 0 Å². The summed E-state index contributed by atoms with van der Waals surface area (Å²) in [5, 5.41) is 17.3. The summed E-state index contributed by atoms with van der Waals surface area (Å²) in [6, 6.07) is 2.53. The van der Waals surface area contributed by atoms with Gasteiger partial charge in [-0.15, -0.1) is 0 Å². The van der Waals surface area contributed by atoms with Crippen molar-refractivity contribution >= 4 is 11.3 Å². The maximum absolute atomic E-state index is 9.22. The zero-order valence-electron chi connectivity index (χ0n) is 11.4. The van der Waals surface area contributed by atoms with Crippen molar-refractivity contribution < 1.29 is 9.63 Å². The van der Waals surface area contributed by atoms with E-state index >= 15 is 0 Å². The Kier molecular flexibility index (Phi) is 4.44. The van der Waals surface area contributed by atoms with Gasteiger partial charge >= 0.3 is 0 Å². The molecule has 1 fully saturated rings. The lowest BCUT2D eigenvalue weighted by Gasteiger charge is -2.26. The highest BCUT2D eigenvalue weighted by Gasteiger charge is 2.24. The van der Waals surface area contributed by atoms with Crippen molar-refractivity contribution in [1.82, 2.24) is 15.0 Å². The maximum Gasteiger partial charge on any atom is 0.241 e. The highest BCUT2D eigenvalue weighted by molar-refractivity contribution is 7.08. The van der Waals surface area contributed by atoms with Crippen molar-refractivity contribution in [2.75, 3.05) is 13.2 Å². The van der Waals surface area contributed by atoms with Gasteiger partial charge in [-0.05, 0) is 24.3 Å². The van der Waals surface area contributed by atoms with Crippen LogP contribution in [-0.4, -0.2) is 39.3 Å². The molecule has 108 valence electrons. The predicted octanol–water partition coefficient (Wildman–Crippen LogP) is 2.54. The van der Waals surface area contributed by atoms with Crippen LogP contribution in [0.1, 0.15) is 31.6 Å². The molecule has 0 atom stereocenters. The van der Waals surface area contributed by atoms with E-state index in [1.807, 2.05) is 16.8 Å². The minimum Gasteiger partial charge on any atom is -0.395 e. The Hall–Kier alpha value is -1.24. The first-order chi connectivity index (χ1) is 9.86. The summed E-state index contributed by atoms with van der Waals surface area (Å²) in [5.41, 5.74) is 1.000. The lowest BCUT2D eigenvalue weighted by Crippen LogP contribution is -2.35. The molecule has 1 N–H and O–H groups in total. The molecule has 0 aliphatic heterocycles. The number of rotatable bonds is 6. The van der Waals surface area contributed by atoms with Gasteiger partial charge in [-0.3, -0.25) is 4.90 Å². The van der Waals surface area contributed by atoms with Gasteiger partial charge in [-0.2, -0.15) is 16.3 Å². The van der Waals surface area contributed by atoms with E-state index < -0.39 is 0 Å². The Morgan fingerprint density at radius 1 is 1.40 bits per heavy atom. The van der Waals surface area contributed by atoms with Gasteiger partial charge in [0.05, 0.1) is 13.2 Å². The average molecular weight is 293 g/mol. The third-order valence-corrected chi connectivity index (χ3v) is 4.50. The quantitative estimate of drug-likeness (QED) is 0.886. The molecule has 6 heteroatoms. The molecule has 0 saturated heterocycles. The smallest absolute Gasteiger partial charge is 0.241 e. The van der Waals surface area contributed by atoms with Crippen LogP contribution in [-0.2, 0) is 6.54 Å². The van der Waals surface area contributed by atoms with Gasteiger partial charge in [0.15, 0.2) is 0 Å². The van der Waals surface area contributed by atoms with Crippen LogP contribution < -0.4 is 0 Å². The van der Waals surface area contributed by atoms with Gasteiger partial charge in [-0.25, -0.2) is 0 Å². The van der Waals surface area contributed by atoms with Gasteiger partial charge in [-0.1, -0.05) is 18.0 Å². The Bertz CT molecular complexity index is 520. The Labute approximate surface area is 122 Å². The van der Waals surface area contributed by atoms with Crippen LogP contribution in [0.4, 0.5) is 0 Å². The van der Waals surface area contributed by atoms with E-state index in [0.717, 1.165) is 5.56 Å². The molecular formula is C14H19N3O2S. The highest BCUT2D eigenvalue weighted by atomic mass is 32.1. The molecule has 2 aromatic rings. The molecule has 0 spiro atoms. The molecule has 3 rings (SSSR count). The summed E-state index contributed by atoms with van der Waals surface area (Å²) in [6.45, 7) is 1.46. The lowest BCUT2D eigenvalue weighted by atomic mass is 10.2. The van der Waals surface area contributed by atoms with Crippen molar-refractivity contribution in [3.63, 3.8) is 0 Å². The molecule has 0 radical (unpaired) electrons. The Balaban J connectivity index is 1.68. The van der Waals surface area contributed by atoms with E-state index in [-0.39, 0.29) is 6.61 Å².